The van der Waals surface area contributed by atoms with Gasteiger partial charge in [-0.1, -0.05) is 19.1 Å². The molecule has 0 N–H and O–H groups in total. The minimum absolute atomic E-state index is 0.582. The highest BCUT2D eigenvalue weighted by Gasteiger charge is 2.49. The summed E-state index contributed by atoms with van der Waals surface area (Å²) in [5.41, 5.74) is 5.24. The first-order chi connectivity index (χ1) is 13.8. The Morgan fingerprint density at radius 2 is 2.14 bits per heavy atom. The average molecular weight is 371 g/mol. The van der Waals surface area contributed by atoms with Crippen molar-refractivity contribution in [2.75, 3.05) is 0 Å². The van der Waals surface area contributed by atoms with E-state index in [4.69, 9.17) is 4.99 Å². The lowest BCUT2D eigenvalue weighted by molar-refractivity contribution is 0.461. The van der Waals surface area contributed by atoms with Crippen LogP contribution in [0.15, 0.2) is 48.0 Å². The Balaban J connectivity index is 1.12. The third kappa shape index (κ3) is 2.61. The quantitative estimate of drug-likeness (QED) is 0.611. The molecule has 3 heterocycles. The molecule has 0 bridgehead atoms. The third-order valence-electron chi connectivity index (χ3n) is 7.41. The Kier molecular flexibility index (Phi) is 3.68. The summed E-state index contributed by atoms with van der Waals surface area (Å²) in [6.07, 6.45) is 14.2. The highest BCUT2D eigenvalue weighted by molar-refractivity contribution is 5.78. The SMILES string of the molecule is CC1C2C=Nc3cc(CCC4CCC(n5ccc6cncnc65)C4)ccc3C12. The zero-order valence-corrected chi connectivity index (χ0v) is 16.3. The van der Waals surface area contributed by atoms with Gasteiger partial charge in [-0.3, -0.25) is 4.99 Å². The van der Waals surface area contributed by atoms with Crippen molar-refractivity contribution in [2.24, 2.45) is 22.7 Å². The fourth-order valence-corrected chi connectivity index (χ4v) is 5.64. The molecule has 0 radical (unpaired) electrons. The summed E-state index contributed by atoms with van der Waals surface area (Å²) in [6.45, 7) is 2.35. The van der Waals surface area contributed by atoms with Gasteiger partial charge in [-0.2, -0.15) is 0 Å². The molecule has 2 aliphatic carbocycles. The molecule has 0 saturated heterocycles. The van der Waals surface area contributed by atoms with Crippen LogP contribution in [-0.2, 0) is 6.42 Å². The lowest BCUT2D eigenvalue weighted by Gasteiger charge is -2.15. The number of hydrogen-bond donors (Lipinski definition) is 0. The van der Waals surface area contributed by atoms with E-state index in [1.807, 2.05) is 6.20 Å². The second kappa shape index (κ2) is 6.26. The zero-order valence-electron chi connectivity index (χ0n) is 16.3. The van der Waals surface area contributed by atoms with Crippen molar-refractivity contribution >= 4 is 22.9 Å². The summed E-state index contributed by atoms with van der Waals surface area (Å²) in [4.78, 5) is 13.4. The van der Waals surface area contributed by atoms with Crippen LogP contribution in [0.1, 0.15) is 55.7 Å². The maximum atomic E-state index is 4.74. The van der Waals surface area contributed by atoms with Gasteiger partial charge >= 0.3 is 0 Å². The fourth-order valence-electron chi connectivity index (χ4n) is 5.64. The first kappa shape index (κ1) is 16.5. The van der Waals surface area contributed by atoms with E-state index in [9.17, 15) is 0 Å². The lowest BCUT2D eigenvalue weighted by atomic mass is 9.95. The molecule has 3 aliphatic rings. The predicted octanol–water partition coefficient (Wildman–Crippen LogP) is 5.47. The number of benzene rings is 1. The van der Waals surface area contributed by atoms with Gasteiger partial charge < -0.3 is 4.57 Å². The summed E-state index contributed by atoms with van der Waals surface area (Å²) < 4.78 is 2.37. The topological polar surface area (TPSA) is 43.1 Å². The van der Waals surface area contributed by atoms with Crippen LogP contribution in [-0.4, -0.2) is 20.7 Å². The van der Waals surface area contributed by atoms with Gasteiger partial charge in [0.1, 0.15) is 12.0 Å². The number of rotatable bonds is 4. The van der Waals surface area contributed by atoms with E-state index in [1.165, 1.54) is 48.9 Å². The number of fused-ring (bicyclic) bond motifs is 4. The van der Waals surface area contributed by atoms with Crippen LogP contribution in [0.3, 0.4) is 0 Å². The van der Waals surface area contributed by atoms with Crippen molar-refractivity contribution in [3.8, 4) is 0 Å². The maximum Gasteiger partial charge on any atom is 0.143 e. The molecule has 2 aromatic heterocycles. The minimum atomic E-state index is 0.582. The molecule has 3 aromatic rings. The van der Waals surface area contributed by atoms with Crippen LogP contribution in [0.5, 0.6) is 0 Å². The van der Waals surface area contributed by atoms with Crippen LogP contribution in [0.4, 0.5) is 5.69 Å². The van der Waals surface area contributed by atoms with E-state index >= 15 is 0 Å². The standard InChI is InChI=1S/C24H26N4/c1-15-21-13-26-22-11-17(5-7-20(22)23(15)21)3-2-16-4-6-19(10-16)28-9-8-18-12-25-14-27-24(18)28/h5,7-9,11-16,19,21,23H,2-4,6,10H2,1H3. The largest absolute Gasteiger partial charge is 0.329 e. The van der Waals surface area contributed by atoms with Crippen molar-refractivity contribution in [3.05, 3.63) is 54.1 Å². The van der Waals surface area contributed by atoms with Crippen LogP contribution in [0.25, 0.3) is 11.0 Å². The van der Waals surface area contributed by atoms with E-state index < -0.39 is 0 Å². The van der Waals surface area contributed by atoms with E-state index in [0.29, 0.717) is 12.0 Å². The fraction of sp³-hybridized carbons (Fsp3) is 0.458. The number of aliphatic imine (C=N–C) groups is 1. The molecular formula is C24H26N4. The van der Waals surface area contributed by atoms with Crippen LogP contribution in [0.2, 0.25) is 0 Å². The Hall–Kier alpha value is -2.49. The molecule has 1 aliphatic heterocycles. The third-order valence-corrected chi connectivity index (χ3v) is 7.41. The molecule has 2 fully saturated rings. The van der Waals surface area contributed by atoms with Crippen molar-refractivity contribution in [3.63, 3.8) is 0 Å². The molecule has 1 aromatic carbocycles. The maximum absolute atomic E-state index is 4.74. The van der Waals surface area contributed by atoms with Gasteiger partial charge in [-0.25, -0.2) is 9.97 Å². The second-order valence-electron chi connectivity index (χ2n) is 9.03. The average Bonchev–Trinajstić information content (AvgIpc) is 3.09. The lowest BCUT2D eigenvalue weighted by Crippen LogP contribution is -2.05. The van der Waals surface area contributed by atoms with E-state index in [2.05, 4.69) is 58.1 Å². The normalized spacial score (nSPS) is 30.4. The molecule has 4 nitrogen and oxygen atoms in total. The highest BCUT2D eigenvalue weighted by Crippen LogP contribution is 2.57. The Morgan fingerprint density at radius 3 is 3.11 bits per heavy atom. The zero-order chi connectivity index (χ0) is 18.7. The summed E-state index contributed by atoms with van der Waals surface area (Å²) in [6, 6.07) is 9.77. The first-order valence-corrected chi connectivity index (χ1v) is 10.7. The smallest absolute Gasteiger partial charge is 0.143 e. The molecule has 4 heteroatoms. The van der Waals surface area contributed by atoms with Gasteiger partial charge in [0.25, 0.3) is 0 Å². The molecule has 2 saturated carbocycles. The van der Waals surface area contributed by atoms with Crippen molar-refractivity contribution < 1.29 is 0 Å². The summed E-state index contributed by atoms with van der Waals surface area (Å²) >= 11 is 0. The van der Waals surface area contributed by atoms with Gasteiger partial charge in [0.15, 0.2) is 0 Å². The van der Waals surface area contributed by atoms with E-state index in [-0.39, 0.29) is 0 Å². The molecule has 0 spiro atoms. The number of aryl methyl sites for hydroxylation is 1. The minimum Gasteiger partial charge on any atom is -0.329 e. The van der Waals surface area contributed by atoms with E-state index in [1.54, 1.807) is 6.33 Å². The second-order valence-corrected chi connectivity index (χ2v) is 9.03. The Bertz CT molecular complexity index is 1070. The van der Waals surface area contributed by atoms with Crippen LogP contribution >= 0.6 is 0 Å². The monoisotopic (exact) mass is 370 g/mol. The number of nitrogens with zero attached hydrogens (tertiary/aromatic N) is 4. The first-order valence-electron chi connectivity index (χ1n) is 10.7. The predicted molar refractivity (Wildman–Crippen MR) is 112 cm³/mol. The van der Waals surface area contributed by atoms with Crippen LogP contribution in [0, 0.1) is 17.8 Å². The molecule has 6 rings (SSSR count). The van der Waals surface area contributed by atoms with Gasteiger partial charge in [0.05, 0.1) is 5.69 Å². The molecular weight excluding hydrogens is 344 g/mol. The van der Waals surface area contributed by atoms with Gasteiger partial charge in [-0.05, 0) is 73.1 Å². The molecule has 5 unspecified atom stereocenters. The van der Waals surface area contributed by atoms with Crippen molar-refractivity contribution in [1.82, 2.24) is 14.5 Å². The van der Waals surface area contributed by atoms with E-state index in [0.717, 1.165) is 28.8 Å². The highest BCUT2D eigenvalue weighted by atomic mass is 15.1. The van der Waals surface area contributed by atoms with Gasteiger partial charge in [0.2, 0.25) is 0 Å². The van der Waals surface area contributed by atoms with Crippen molar-refractivity contribution in [1.29, 1.82) is 0 Å². The van der Waals surface area contributed by atoms with Crippen LogP contribution < -0.4 is 0 Å². The summed E-state index contributed by atoms with van der Waals surface area (Å²) in [7, 11) is 0. The molecule has 0 amide bonds. The Labute approximate surface area is 165 Å². The molecule has 142 valence electrons. The summed E-state index contributed by atoms with van der Waals surface area (Å²) in [5, 5.41) is 1.15. The summed E-state index contributed by atoms with van der Waals surface area (Å²) in [5.74, 6) is 3.01. The van der Waals surface area contributed by atoms with Gasteiger partial charge in [0, 0.05) is 36.0 Å². The van der Waals surface area contributed by atoms with Gasteiger partial charge in [-0.15, -0.1) is 0 Å². The Morgan fingerprint density at radius 1 is 1.18 bits per heavy atom. The molecule has 5 atom stereocenters. The number of aromatic nitrogens is 3. The number of hydrogen-bond acceptors (Lipinski definition) is 3. The molecule has 28 heavy (non-hydrogen) atoms. The van der Waals surface area contributed by atoms with Crippen molar-refractivity contribution in [2.45, 2.75) is 51.0 Å².